The molecular formula is C27H34Cl2N2O4. The minimum Gasteiger partial charge on any atom is -0.492 e. The predicted molar refractivity (Wildman–Crippen MR) is 144 cm³/mol. The first-order valence-electron chi connectivity index (χ1n) is 11.2. The molecule has 3 N–H and O–H groups in total. The first-order valence-corrected chi connectivity index (χ1v) is 11.2. The van der Waals surface area contributed by atoms with E-state index in [1.54, 1.807) is 24.5 Å². The number of nitrogens with zero attached hydrogens (tertiary/aromatic N) is 1. The van der Waals surface area contributed by atoms with Gasteiger partial charge in [0.2, 0.25) is 0 Å². The number of aromatic nitrogens is 1. The summed E-state index contributed by atoms with van der Waals surface area (Å²) in [6, 6.07) is 17.3. The first-order chi connectivity index (χ1) is 15.8. The summed E-state index contributed by atoms with van der Waals surface area (Å²) in [4.78, 5) is 15.6. The number of nitrogens with one attached hydrogen (secondary N) is 1. The van der Waals surface area contributed by atoms with Gasteiger partial charge in [0.25, 0.3) is 0 Å². The Labute approximate surface area is 219 Å². The van der Waals surface area contributed by atoms with E-state index in [-0.39, 0.29) is 36.4 Å². The van der Waals surface area contributed by atoms with Crippen LogP contribution < -0.4 is 10.1 Å². The molecule has 0 saturated carbocycles. The lowest BCUT2D eigenvalue weighted by Gasteiger charge is -2.17. The van der Waals surface area contributed by atoms with Crippen LogP contribution in [-0.4, -0.2) is 40.4 Å². The Morgan fingerprint density at radius 2 is 1.71 bits per heavy atom. The second kappa shape index (κ2) is 14.7. The fraction of sp³-hybridized carbons (Fsp3) is 0.333. The maximum absolute atomic E-state index is 11.5. The van der Waals surface area contributed by atoms with Crippen molar-refractivity contribution in [2.75, 3.05) is 13.2 Å². The summed E-state index contributed by atoms with van der Waals surface area (Å²) < 4.78 is 5.76. The summed E-state index contributed by atoms with van der Waals surface area (Å²) in [5, 5.41) is 23.1. The molecule has 8 heteroatoms. The molecule has 0 aliphatic carbocycles. The smallest absolute Gasteiger partial charge is 0.339 e. The molecule has 190 valence electrons. The summed E-state index contributed by atoms with van der Waals surface area (Å²) in [5.74, 6) is -0.302. The molecule has 0 saturated heterocycles. The molecule has 0 aliphatic rings. The van der Waals surface area contributed by atoms with Gasteiger partial charge in [-0.3, -0.25) is 4.98 Å². The van der Waals surface area contributed by atoms with Gasteiger partial charge in [-0.2, -0.15) is 0 Å². The fourth-order valence-corrected chi connectivity index (χ4v) is 3.52. The third kappa shape index (κ3) is 9.15. The second-order valence-electron chi connectivity index (χ2n) is 8.73. The highest BCUT2D eigenvalue weighted by molar-refractivity contribution is 5.92. The number of hydrogen-bond donors (Lipinski definition) is 3. The van der Waals surface area contributed by atoms with Gasteiger partial charge in [0, 0.05) is 30.5 Å². The lowest BCUT2D eigenvalue weighted by Crippen LogP contribution is -2.32. The zero-order chi connectivity index (χ0) is 23.8. The number of ether oxygens (including phenoxy) is 1. The molecule has 1 aromatic heterocycles. The minimum absolute atomic E-state index is 0. The lowest BCUT2D eigenvalue weighted by atomic mass is 9.99. The normalized spacial score (nSPS) is 12.3. The Bertz CT molecular complexity index is 1050. The van der Waals surface area contributed by atoms with Crippen molar-refractivity contribution in [1.29, 1.82) is 0 Å². The van der Waals surface area contributed by atoms with Crippen LogP contribution in [0.25, 0.3) is 11.1 Å². The van der Waals surface area contributed by atoms with E-state index in [4.69, 9.17) is 4.74 Å². The van der Waals surface area contributed by atoms with Gasteiger partial charge in [-0.05, 0) is 54.2 Å². The maximum atomic E-state index is 11.5. The van der Waals surface area contributed by atoms with Crippen molar-refractivity contribution >= 4 is 30.8 Å². The molecule has 0 fully saturated rings. The summed E-state index contributed by atoms with van der Waals surface area (Å²) in [6.45, 7) is 7.06. The van der Waals surface area contributed by atoms with Gasteiger partial charge in [0.15, 0.2) is 0 Å². The summed E-state index contributed by atoms with van der Waals surface area (Å²) in [6.07, 6.45) is 3.60. The number of carbonyl (C=O) groups is 1. The monoisotopic (exact) mass is 520 g/mol. The number of aromatic carboxylic acids is 1. The largest absolute Gasteiger partial charge is 0.492 e. The van der Waals surface area contributed by atoms with Crippen LogP contribution in [-0.2, 0) is 6.42 Å². The molecular weight excluding hydrogens is 487 g/mol. The van der Waals surface area contributed by atoms with Crippen molar-refractivity contribution in [2.45, 2.75) is 39.3 Å². The molecule has 0 unspecified atom stereocenters. The molecule has 2 atom stereocenters. The molecule has 35 heavy (non-hydrogen) atoms. The highest BCUT2D eigenvalue weighted by Crippen LogP contribution is 2.28. The second-order valence-corrected chi connectivity index (χ2v) is 8.73. The number of aliphatic hydroxyl groups excluding tert-OH is 1. The molecule has 0 bridgehead atoms. The molecule has 0 radical (unpaired) electrons. The molecule has 6 nitrogen and oxygen atoms in total. The predicted octanol–water partition coefficient (Wildman–Crippen LogP) is 5.58. The lowest BCUT2D eigenvalue weighted by molar-refractivity contribution is 0.0691. The topological polar surface area (TPSA) is 91.7 Å². The van der Waals surface area contributed by atoms with E-state index in [0.717, 1.165) is 23.1 Å². The van der Waals surface area contributed by atoms with Crippen molar-refractivity contribution in [3.63, 3.8) is 0 Å². The van der Waals surface area contributed by atoms with Gasteiger partial charge in [-0.1, -0.05) is 50.2 Å². The van der Waals surface area contributed by atoms with E-state index in [1.807, 2.05) is 44.2 Å². The van der Waals surface area contributed by atoms with E-state index in [1.165, 1.54) is 5.56 Å². The summed E-state index contributed by atoms with van der Waals surface area (Å²) in [5.41, 5.74) is 4.05. The highest BCUT2D eigenvalue weighted by atomic mass is 35.5. The molecule has 3 aromatic rings. The van der Waals surface area contributed by atoms with Crippen LogP contribution in [0.5, 0.6) is 5.75 Å². The number of halogens is 2. The number of pyridine rings is 1. The Morgan fingerprint density at radius 1 is 1.03 bits per heavy atom. The first kappa shape index (κ1) is 30.4. The van der Waals surface area contributed by atoms with Gasteiger partial charge in [0.1, 0.15) is 11.3 Å². The summed E-state index contributed by atoms with van der Waals surface area (Å²) >= 11 is 0. The number of carboxylic acid groups (broad SMARTS) is 1. The van der Waals surface area contributed by atoms with Crippen molar-refractivity contribution in [2.24, 2.45) is 5.92 Å². The Morgan fingerprint density at radius 3 is 2.31 bits per heavy atom. The quantitative estimate of drug-likeness (QED) is 0.305. The number of rotatable bonds is 11. The third-order valence-corrected chi connectivity index (χ3v) is 5.34. The summed E-state index contributed by atoms with van der Waals surface area (Å²) in [7, 11) is 0. The van der Waals surface area contributed by atoms with Crippen LogP contribution in [0, 0.1) is 5.92 Å². The van der Waals surface area contributed by atoms with E-state index in [2.05, 4.69) is 29.4 Å². The number of hydrogen-bond acceptors (Lipinski definition) is 5. The molecule has 1 heterocycles. The van der Waals surface area contributed by atoms with Crippen molar-refractivity contribution in [3.05, 3.63) is 83.7 Å². The third-order valence-electron chi connectivity index (χ3n) is 5.34. The van der Waals surface area contributed by atoms with Gasteiger partial charge < -0.3 is 20.3 Å². The van der Waals surface area contributed by atoms with Crippen LogP contribution in [0.15, 0.2) is 67.0 Å². The van der Waals surface area contributed by atoms with Crippen LogP contribution in [0.2, 0.25) is 0 Å². The average Bonchev–Trinajstić information content (AvgIpc) is 2.82. The zero-order valence-corrected chi connectivity index (χ0v) is 21.8. The van der Waals surface area contributed by atoms with Crippen LogP contribution in [0.1, 0.15) is 48.4 Å². The number of carboxylic acids is 1. The van der Waals surface area contributed by atoms with Crippen LogP contribution >= 0.6 is 24.8 Å². The molecule has 3 rings (SSSR count). The molecule has 0 aliphatic heterocycles. The van der Waals surface area contributed by atoms with Crippen molar-refractivity contribution in [1.82, 2.24) is 10.3 Å². The Hall–Kier alpha value is -2.64. The minimum atomic E-state index is -0.995. The van der Waals surface area contributed by atoms with E-state index in [0.29, 0.717) is 24.8 Å². The van der Waals surface area contributed by atoms with E-state index < -0.39 is 12.1 Å². The van der Waals surface area contributed by atoms with E-state index in [9.17, 15) is 15.0 Å². The van der Waals surface area contributed by atoms with Crippen molar-refractivity contribution in [3.8, 4) is 16.9 Å². The van der Waals surface area contributed by atoms with Gasteiger partial charge >= 0.3 is 5.97 Å². The highest BCUT2D eigenvalue weighted by Gasteiger charge is 2.14. The van der Waals surface area contributed by atoms with Crippen molar-refractivity contribution < 1.29 is 19.7 Å². The maximum Gasteiger partial charge on any atom is 0.339 e. The zero-order valence-electron chi connectivity index (χ0n) is 20.2. The molecule has 0 amide bonds. The van der Waals surface area contributed by atoms with E-state index >= 15 is 0 Å². The van der Waals surface area contributed by atoms with Gasteiger partial charge in [-0.25, -0.2) is 4.79 Å². The SMILES string of the molecule is CC(C)COc1cc(-c2ccc(C[C@@H](C)NC[C@H](O)c3cccnc3)cc2)ccc1C(=O)O.Cl.Cl. The molecule has 0 spiro atoms. The van der Waals surface area contributed by atoms with Gasteiger partial charge in [0.05, 0.1) is 12.7 Å². The Kier molecular flexibility index (Phi) is 12.8. The van der Waals surface area contributed by atoms with Gasteiger partial charge in [-0.15, -0.1) is 24.8 Å². The van der Waals surface area contributed by atoms with Crippen LogP contribution in [0.3, 0.4) is 0 Å². The standard InChI is InChI=1S/C27H32N2O4.2ClH/c1-18(2)17-33-26-14-22(10-11-24(26)27(31)32)21-8-6-20(7-9-21)13-19(3)29-16-25(30)23-5-4-12-28-15-23;;/h4-12,14-15,18-19,25,29-30H,13,16-17H2,1-3H3,(H,31,32);2*1H/t19-,25+;;/m1../s1. The Balaban J connectivity index is 0.00000306. The average molecular weight is 521 g/mol. The fourth-order valence-electron chi connectivity index (χ4n) is 3.52. The number of benzene rings is 2. The molecule has 2 aromatic carbocycles. The van der Waals surface area contributed by atoms with Crippen LogP contribution in [0.4, 0.5) is 0 Å². The number of aliphatic hydroxyl groups is 1.